The van der Waals surface area contributed by atoms with Crippen molar-refractivity contribution < 1.29 is 18.3 Å². The third kappa shape index (κ3) is 4.83. The number of aromatic hydroxyl groups is 1. The van der Waals surface area contributed by atoms with Gasteiger partial charge in [0.05, 0.1) is 13.6 Å². The van der Waals surface area contributed by atoms with E-state index in [0.29, 0.717) is 38.9 Å². The molecule has 21 heavy (non-hydrogen) atoms. The van der Waals surface area contributed by atoms with Crippen molar-refractivity contribution in [1.29, 1.82) is 0 Å². The van der Waals surface area contributed by atoms with E-state index >= 15 is 0 Å². The molecule has 0 aliphatic carbocycles. The van der Waals surface area contributed by atoms with Crippen molar-refractivity contribution in [2.75, 3.05) is 26.2 Å². The Kier molecular flexibility index (Phi) is 5.99. The number of phenols is 1. The van der Waals surface area contributed by atoms with E-state index in [1.165, 1.54) is 0 Å². The van der Waals surface area contributed by atoms with E-state index < -0.39 is 18.6 Å². The fraction of sp³-hybridized carbons (Fsp3) is 0.538. The SMILES string of the molecule is Oc1c(I)cc([C@H](CC(F)(F)F)N2CCNCC2)cc1I. The second-order valence-corrected chi connectivity index (χ2v) is 7.28. The lowest BCUT2D eigenvalue weighted by Gasteiger charge is -2.36. The zero-order valence-corrected chi connectivity index (χ0v) is 15.4. The van der Waals surface area contributed by atoms with Crippen molar-refractivity contribution in [3.63, 3.8) is 0 Å². The number of piperazine rings is 1. The second-order valence-electron chi connectivity index (χ2n) is 4.95. The van der Waals surface area contributed by atoms with Crippen molar-refractivity contribution in [3.05, 3.63) is 24.8 Å². The first-order chi connectivity index (χ1) is 9.78. The van der Waals surface area contributed by atoms with Crippen molar-refractivity contribution in [2.24, 2.45) is 0 Å². The van der Waals surface area contributed by atoms with Crippen LogP contribution in [0.3, 0.4) is 0 Å². The van der Waals surface area contributed by atoms with Crippen molar-refractivity contribution in [3.8, 4) is 5.75 Å². The van der Waals surface area contributed by atoms with Gasteiger partial charge in [0, 0.05) is 32.2 Å². The molecule has 0 radical (unpaired) electrons. The number of nitrogens with one attached hydrogen (secondary N) is 1. The van der Waals surface area contributed by atoms with Gasteiger partial charge in [0.15, 0.2) is 0 Å². The first-order valence-electron chi connectivity index (χ1n) is 6.47. The van der Waals surface area contributed by atoms with Crippen LogP contribution in [0.4, 0.5) is 13.2 Å². The number of halogens is 5. The molecule has 1 fully saturated rings. The van der Waals surface area contributed by atoms with Crippen LogP contribution in [0.2, 0.25) is 0 Å². The maximum absolute atomic E-state index is 12.9. The maximum atomic E-state index is 12.9. The Labute approximate surface area is 148 Å². The summed E-state index contributed by atoms with van der Waals surface area (Å²) < 4.78 is 40.0. The van der Waals surface area contributed by atoms with Crippen LogP contribution < -0.4 is 5.32 Å². The molecule has 2 N–H and O–H groups in total. The molecule has 1 aliphatic heterocycles. The van der Waals surface area contributed by atoms with E-state index in [-0.39, 0.29) is 5.75 Å². The number of hydrogen-bond donors (Lipinski definition) is 2. The molecule has 1 aliphatic rings. The van der Waals surface area contributed by atoms with Crippen LogP contribution in [0.15, 0.2) is 12.1 Å². The van der Waals surface area contributed by atoms with Gasteiger partial charge in [-0.25, -0.2) is 0 Å². The summed E-state index contributed by atoms with van der Waals surface area (Å²) in [7, 11) is 0. The molecular weight excluding hydrogens is 511 g/mol. The van der Waals surface area contributed by atoms with Gasteiger partial charge in [0.2, 0.25) is 0 Å². The summed E-state index contributed by atoms with van der Waals surface area (Å²) in [6.07, 6.45) is -5.09. The lowest BCUT2D eigenvalue weighted by molar-refractivity contribution is -0.148. The summed E-state index contributed by atoms with van der Waals surface area (Å²) in [5, 5.41) is 12.9. The summed E-state index contributed by atoms with van der Waals surface area (Å²) in [6.45, 7) is 2.57. The van der Waals surface area contributed by atoms with Crippen molar-refractivity contribution >= 4 is 45.2 Å². The average molecular weight is 526 g/mol. The first-order valence-corrected chi connectivity index (χ1v) is 8.63. The number of benzene rings is 1. The van der Waals surface area contributed by atoms with Crippen LogP contribution in [-0.2, 0) is 0 Å². The smallest absolute Gasteiger partial charge is 0.390 e. The van der Waals surface area contributed by atoms with Crippen LogP contribution in [0.25, 0.3) is 0 Å². The van der Waals surface area contributed by atoms with Gasteiger partial charge in [-0.15, -0.1) is 0 Å². The Morgan fingerprint density at radius 1 is 1.19 bits per heavy atom. The molecule has 1 aromatic rings. The van der Waals surface area contributed by atoms with Crippen molar-refractivity contribution in [2.45, 2.75) is 18.6 Å². The van der Waals surface area contributed by atoms with Gasteiger partial charge >= 0.3 is 6.18 Å². The van der Waals surface area contributed by atoms with E-state index in [2.05, 4.69) is 5.32 Å². The Hall–Kier alpha value is 0.190. The lowest BCUT2D eigenvalue weighted by Crippen LogP contribution is -2.46. The van der Waals surface area contributed by atoms with Gasteiger partial charge in [-0.3, -0.25) is 4.90 Å². The molecule has 0 bridgehead atoms. The fourth-order valence-electron chi connectivity index (χ4n) is 2.45. The highest BCUT2D eigenvalue weighted by Gasteiger charge is 2.36. The van der Waals surface area contributed by atoms with Crippen LogP contribution in [0.1, 0.15) is 18.0 Å². The predicted octanol–water partition coefficient (Wildman–Crippen LogP) is 3.50. The van der Waals surface area contributed by atoms with E-state index in [0.717, 1.165) is 0 Å². The third-order valence-electron chi connectivity index (χ3n) is 3.44. The normalized spacial score (nSPS) is 18.7. The van der Waals surface area contributed by atoms with Gasteiger partial charge in [-0.05, 0) is 62.9 Å². The maximum Gasteiger partial charge on any atom is 0.390 e. The molecule has 118 valence electrons. The van der Waals surface area contributed by atoms with E-state index in [9.17, 15) is 18.3 Å². The molecule has 0 amide bonds. The van der Waals surface area contributed by atoms with E-state index in [4.69, 9.17) is 0 Å². The molecule has 3 nitrogen and oxygen atoms in total. The summed E-state index contributed by atoms with van der Waals surface area (Å²) >= 11 is 3.90. The molecule has 0 spiro atoms. The number of phenolic OH excluding ortho intramolecular Hbond substituents is 1. The molecular formula is C13H15F3I2N2O. The topological polar surface area (TPSA) is 35.5 Å². The van der Waals surface area contributed by atoms with Crippen LogP contribution in [0, 0.1) is 7.14 Å². The standard InChI is InChI=1S/C13H15F3I2N2O/c14-13(15,16)7-11(20-3-1-19-2-4-20)8-5-9(17)12(21)10(18)6-8/h5-6,11,19,21H,1-4,7H2/t11-/m0/s1. The average Bonchev–Trinajstić information content (AvgIpc) is 2.41. The summed E-state index contributed by atoms with van der Waals surface area (Å²) in [6, 6.07) is 2.60. The molecule has 8 heteroatoms. The van der Waals surface area contributed by atoms with Gasteiger partial charge in [0.25, 0.3) is 0 Å². The number of hydrogen-bond acceptors (Lipinski definition) is 3. The molecule has 1 heterocycles. The highest BCUT2D eigenvalue weighted by Crippen LogP contribution is 2.37. The molecule has 1 saturated heterocycles. The quantitative estimate of drug-likeness (QED) is 0.593. The molecule has 0 unspecified atom stereocenters. The number of rotatable bonds is 3. The van der Waals surface area contributed by atoms with E-state index in [1.54, 1.807) is 12.1 Å². The molecule has 0 saturated carbocycles. The minimum atomic E-state index is -4.22. The van der Waals surface area contributed by atoms with Crippen LogP contribution >= 0.6 is 45.2 Å². The summed E-state index contributed by atoms with van der Waals surface area (Å²) in [5.41, 5.74) is 0.612. The summed E-state index contributed by atoms with van der Waals surface area (Å²) in [4.78, 5) is 1.86. The zero-order valence-electron chi connectivity index (χ0n) is 11.1. The van der Waals surface area contributed by atoms with Gasteiger partial charge in [0.1, 0.15) is 5.75 Å². The highest BCUT2D eigenvalue weighted by atomic mass is 127. The van der Waals surface area contributed by atoms with E-state index in [1.807, 2.05) is 50.1 Å². The number of nitrogens with zero attached hydrogens (tertiary/aromatic N) is 1. The van der Waals surface area contributed by atoms with Gasteiger partial charge < -0.3 is 10.4 Å². The molecule has 2 rings (SSSR count). The van der Waals surface area contributed by atoms with Gasteiger partial charge in [-0.2, -0.15) is 13.2 Å². The summed E-state index contributed by atoms with van der Waals surface area (Å²) in [5.74, 6) is 0.131. The first kappa shape index (κ1) is 17.5. The predicted molar refractivity (Wildman–Crippen MR) is 91.4 cm³/mol. The molecule has 1 aromatic carbocycles. The zero-order chi connectivity index (χ0) is 15.6. The Balaban J connectivity index is 2.34. The second kappa shape index (κ2) is 7.18. The largest absolute Gasteiger partial charge is 0.506 e. The van der Waals surface area contributed by atoms with Crippen LogP contribution in [-0.4, -0.2) is 42.4 Å². The van der Waals surface area contributed by atoms with Crippen LogP contribution in [0.5, 0.6) is 5.75 Å². The monoisotopic (exact) mass is 526 g/mol. The fourth-order valence-corrected chi connectivity index (χ4v) is 4.26. The highest BCUT2D eigenvalue weighted by molar-refractivity contribution is 14.1. The Morgan fingerprint density at radius 2 is 1.71 bits per heavy atom. The molecule has 1 atom stereocenters. The minimum absolute atomic E-state index is 0.131. The minimum Gasteiger partial charge on any atom is -0.506 e. The molecule has 0 aromatic heterocycles. The van der Waals surface area contributed by atoms with Gasteiger partial charge in [-0.1, -0.05) is 0 Å². The lowest BCUT2D eigenvalue weighted by atomic mass is 10.0. The van der Waals surface area contributed by atoms with Crippen molar-refractivity contribution in [1.82, 2.24) is 10.2 Å². The third-order valence-corrected chi connectivity index (χ3v) is 5.09. The Morgan fingerprint density at radius 3 is 2.19 bits per heavy atom. The number of alkyl halides is 3. The Bertz CT molecular complexity index is 482.